The van der Waals surface area contributed by atoms with E-state index in [-0.39, 0.29) is 6.04 Å². The number of piperidine rings is 1. The summed E-state index contributed by atoms with van der Waals surface area (Å²) in [6.07, 6.45) is 3.88. The molecular weight excluding hydrogens is 204 g/mol. The lowest BCUT2D eigenvalue weighted by atomic mass is 10.1. The highest BCUT2D eigenvalue weighted by molar-refractivity contribution is 5.49. The van der Waals surface area contributed by atoms with Crippen LogP contribution in [0.3, 0.4) is 0 Å². The highest BCUT2D eigenvalue weighted by Gasteiger charge is 2.24. The summed E-state index contributed by atoms with van der Waals surface area (Å²) in [7, 11) is 0. The molecule has 3 rings (SSSR count). The number of hydrogen-bond donors (Lipinski definition) is 1. The maximum Gasteiger partial charge on any atom is 0.137 e. The van der Waals surface area contributed by atoms with Crippen LogP contribution in [0.5, 0.6) is 0 Å². The Morgan fingerprint density at radius 3 is 3.19 bits per heavy atom. The third-order valence-electron chi connectivity index (χ3n) is 3.25. The van der Waals surface area contributed by atoms with Crippen LogP contribution in [-0.2, 0) is 18.0 Å². The molecule has 86 valence electrons. The van der Waals surface area contributed by atoms with Gasteiger partial charge < -0.3 is 15.4 Å². The Bertz CT molecular complexity index is 396. The molecular formula is C11H16N4O. The van der Waals surface area contributed by atoms with Crippen LogP contribution in [0.25, 0.3) is 0 Å². The Kier molecular flexibility index (Phi) is 2.49. The maximum absolute atomic E-state index is 5.99. The smallest absolute Gasteiger partial charge is 0.137 e. The number of nitrogens with two attached hydrogens (primary N) is 1. The molecule has 0 aliphatic carbocycles. The Morgan fingerprint density at radius 1 is 1.38 bits per heavy atom. The topological polar surface area (TPSA) is 64.3 Å². The first kappa shape index (κ1) is 9.99. The number of hydrogen-bond acceptors (Lipinski definition) is 5. The Morgan fingerprint density at radius 2 is 2.31 bits per heavy atom. The first-order valence-corrected chi connectivity index (χ1v) is 5.75. The van der Waals surface area contributed by atoms with Gasteiger partial charge in [0.25, 0.3) is 0 Å². The van der Waals surface area contributed by atoms with Gasteiger partial charge in [-0.15, -0.1) is 0 Å². The van der Waals surface area contributed by atoms with Gasteiger partial charge in [0, 0.05) is 24.7 Å². The molecule has 0 radical (unpaired) electrons. The van der Waals surface area contributed by atoms with Gasteiger partial charge in [0.15, 0.2) is 0 Å². The summed E-state index contributed by atoms with van der Waals surface area (Å²) in [5.74, 6) is 1.03. The van der Waals surface area contributed by atoms with E-state index in [1.807, 2.05) is 0 Å². The second-order valence-electron chi connectivity index (χ2n) is 4.46. The van der Waals surface area contributed by atoms with Gasteiger partial charge in [0.2, 0.25) is 0 Å². The average molecular weight is 220 g/mol. The van der Waals surface area contributed by atoms with Crippen LogP contribution >= 0.6 is 0 Å². The van der Waals surface area contributed by atoms with E-state index in [1.165, 1.54) is 0 Å². The lowest BCUT2D eigenvalue weighted by molar-refractivity contribution is 0.133. The maximum atomic E-state index is 5.99. The molecule has 3 heterocycles. The van der Waals surface area contributed by atoms with Crippen molar-refractivity contribution in [1.82, 2.24) is 9.97 Å². The Hall–Kier alpha value is -1.20. The summed E-state index contributed by atoms with van der Waals surface area (Å²) in [5.41, 5.74) is 8.17. The van der Waals surface area contributed by atoms with Crippen LogP contribution in [0.4, 0.5) is 5.82 Å². The third-order valence-corrected chi connectivity index (χ3v) is 3.25. The van der Waals surface area contributed by atoms with Crippen LogP contribution in [-0.4, -0.2) is 29.1 Å². The fraction of sp³-hybridized carbons (Fsp3) is 0.636. The summed E-state index contributed by atoms with van der Waals surface area (Å²) < 4.78 is 5.41. The molecule has 1 unspecified atom stereocenters. The average Bonchev–Trinajstić information content (AvgIpc) is 2.76. The van der Waals surface area contributed by atoms with Crippen LogP contribution in [0, 0.1) is 0 Å². The van der Waals surface area contributed by atoms with Crippen molar-refractivity contribution < 1.29 is 4.74 Å². The van der Waals surface area contributed by atoms with Gasteiger partial charge in [-0.2, -0.15) is 0 Å². The molecule has 5 nitrogen and oxygen atoms in total. The van der Waals surface area contributed by atoms with Gasteiger partial charge >= 0.3 is 0 Å². The standard InChI is InChI=1S/C11H16N4O/c12-8-2-1-3-15(4-8)11-9-5-16-6-10(9)13-7-14-11/h7-8H,1-6,12H2. The van der Waals surface area contributed by atoms with Gasteiger partial charge in [-0.3, -0.25) is 0 Å². The van der Waals surface area contributed by atoms with E-state index in [0.29, 0.717) is 13.2 Å². The molecule has 2 N–H and O–H groups in total. The van der Waals surface area contributed by atoms with Gasteiger partial charge in [0.1, 0.15) is 12.1 Å². The molecule has 0 aromatic carbocycles. The molecule has 0 saturated carbocycles. The van der Waals surface area contributed by atoms with Crippen molar-refractivity contribution in [3.8, 4) is 0 Å². The minimum Gasteiger partial charge on any atom is -0.370 e. The van der Waals surface area contributed by atoms with Crippen molar-refractivity contribution in [2.24, 2.45) is 5.73 Å². The van der Waals surface area contributed by atoms with E-state index >= 15 is 0 Å². The fourth-order valence-electron chi connectivity index (χ4n) is 2.44. The predicted octanol–water partition coefficient (Wildman–Crippen LogP) is 0.434. The largest absolute Gasteiger partial charge is 0.370 e. The molecule has 0 amide bonds. The van der Waals surface area contributed by atoms with E-state index in [4.69, 9.17) is 10.5 Å². The molecule has 2 aliphatic heterocycles. The Labute approximate surface area is 94.6 Å². The highest BCUT2D eigenvalue weighted by Crippen LogP contribution is 2.27. The van der Waals surface area contributed by atoms with E-state index in [0.717, 1.165) is 43.0 Å². The molecule has 1 fully saturated rings. The summed E-state index contributed by atoms with van der Waals surface area (Å²) in [6, 6.07) is 0.265. The van der Waals surface area contributed by atoms with Crippen LogP contribution in [0.1, 0.15) is 24.1 Å². The number of aromatic nitrogens is 2. The molecule has 0 spiro atoms. The third kappa shape index (κ3) is 1.66. The predicted molar refractivity (Wildman–Crippen MR) is 59.9 cm³/mol. The van der Waals surface area contributed by atoms with Crippen molar-refractivity contribution in [3.05, 3.63) is 17.6 Å². The molecule has 2 aliphatic rings. The van der Waals surface area contributed by atoms with Crippen molar-refractivity contribution in [3.63, 3.8) is 0 Å². The SMILES string of the molecule is NC1CCCN(c2ncnc3c2COC3)C1. The fourth-order valence-corrected chi connectivity index (χ4v) is 2.44. The molecule has 1 aromatic heterocycles. The van der Waals surface area contributed by atoms with Crippen molar-refractivity contribution in [1.29, 1.82) is 0 Å². The molecule has 1 saturated heterocycles. The zero-order valence-electron chi connectivity index (χ0n) is 9.22. The lowest BCUT2D eigenvalue weighted by Gasteiger charge is -2.32. The molecule has 0 bridgehead atoms. The van der Waals surface area contributed by atoms with Crippen LogP contribution in [0.15, 0.2) is 6.33 Å². The zero-order chi connectivity index (χ0) is 11.0. The summed E-state index contributed by atoms with van der Waals surface area (Å²) in [4.78, 5) is 10.9. The van der Waals surface area contributed by atoms with E-state index in [9.17, 15) is 0 Å². The van der Waals surface area contributed by atoms with Crippen molar-refractivity contribution in [2.75, 3.05) is 18.0 Å². The van der Waals surface area contributed by atoms with Gasteiger partial charge in [-0.05, 0) is 12.8 Å². The monoisotopic (exact) mass is 220 g/mol. The summed E-state index contributed by atoms with van der Waals surface area (Å²) >= 11 is 0. The summed E-state index contributed by atoms with van der Waals surface area (Å²) in [6.45, 7) is 3.18. The van der Waals surface area contributed by atoms with Crippen molar-refractivity contribution >= 4 is 5.82 Å². The van der Waals surface area contributed by atoms with E-state index < -0.39 is 0 Å². The number of anilines is 1. The minimum atomic E-state index is 0.265. The first-order valence-electron chi connectivity index (χ1n) is 5.75. The van der Waals surface area contributed by atoms with Crippen LogP contribution in [0.2, 0.25) is 0 Å². The first-order chi connectivity index (χ1) is 7.84. The highest BCUT2D eigenvalue weighted by atomic mass is 16.5. The number of ether oxygens (including phenoxy) is 1. The number of fused-ring (bicyclic) bond motifs is 1. The molecule has 16 heavy (non-hydrogen) atoms. The zero-order valence-corrected chi connectivity index (χ0v) is 9.22. The second kappa shape index (κ2) is 3.99. The quantitative estimate of drug-likeness (QED) is 0.743. The Balaban J connectivity index is 1.91. The van der Waals surface area contributed by atoms with Gasteiger partial charge in [-0.1, -0.05) is 0 Å². The minimum absolute atomic E-state index is 0.265. The van der Waals surface area contributed by atoms with Gasteiger partial charge in [-0.25, -0.2) is 9.97 Å². The van der Waals surface area contributed by atoms with E-state index in [1.54, 1.807) is 6.33 Å². The number of rotatable bonds is 1. The second-order valence-corrected chi connectivity index (χ2v) is 4.46. The van der Waals surface area contributed by atoms with E-state index in [2.05, 4.69) is 14.9 Å². The normalized spacial score (nSPS) is 24.6. The van der Waals surface area contributed by atoms with Gasteiger partial charge in [0.05, 0.1) is 18.9 Å². The van der Waals surface area contributed by atoms with Crippen molar-refractivity contribution in [2.45, 2.75) is 32.1 Å². The number of nitrogens with zero attached hydrogens (tertiary/aromatic N) is 3. The molecule has 5 heteroatoms. The lowest BCUT2D eigenvalue weighted by Crippen LogP contribution is -2.43. The molecule has 1 aromatic rings. The molecule has 1 atom stereocenters. The van der Waals surface area contributed by atoms with Crippen LogP contribution < -0.4 is 10.6 Å². The summed E-state index contributed by atoms with van der Waals surface area (Å²) in [5, 5.41) is 0.